The molecule has 0 saturated heterocycles. The highest BCUT2D eigenvalue weighted by atomic mass is 16.5. The minimum Gasteiger partial charge on any atom is -0.367 e. The van der Waals surface area contributed by atoms with Crippen LogP contribution in [-0.4, -0.2) is 5.16 Å². The van der Waals surface area contributed by atoms with Crippen molar-refractivity contribution >= 4 is 5.88 Å². The lowest BCUT2D eigenvalue weighted by atomic mass is 9.98. The molecule has 1 fully saturated rings. The Morgan fingerprint density at radius 1 is 1.53 bits per heavy atom. The van der Waals surface area contributed by atoms with Crippen molar-refractivity contribution in [3.63, 3.8) is 0 Å². The van der Waals surface area contributed by atoms with Crippen LogP contribution in [0.25, 0.3) is 0 Å². The van der Waals surface area contributed by atoms with Gasteiger partial charge in [-0.05, 0) is 24.2 Å². The van der Waals surface area contributed by atoms with Gasteiger partial charge in [-0.3, -0.25) is 0 Å². The molecule has 0 spiro atoms. The molecule has 1 unspecified atom stereocenters. The van der Waals surface area contributed by atoms with Gasteiger partial charge in [-0.15, -0.1) is 0 Å². The van der Waals surface area contributed by atoms with Crippen molar-refractivity contribution in [1.29, 1.82) is 0 Å². The second kappa shape index (κ2) is 3.26. The van der Waals surface area contributed by atoms with Crippen LogP contribution in [0.2, 0.25) is 0 Å². The molecule has 0 radical (unpaired) electrons. The van der Waals surface area contributed by atoms with Gasteiger partial charge in [0, 0.05) is 11.5 Å². The van der Waals surface area contributed by atoms with Gasteiger partial charge >= 0.3 is 0 Å². The normalized spacial score (nSPS) is 23.4. The lowest BCUT2D eigenvalue weighted by molar-refractivity contribution is 0.423. The van der Waals surface area contributed by atoms with Crippen molar-refractivity contribution in [2.24, 2.45) is 11.3 Å². The largest absolute Gasteiger partial charge is 0.367 e. The zero-order valence-electron chi connectivity index (χ0n) is 10.0. The molecule has 0 bridgehead atoms. The standard InChI is InChI=1S/C12H20N2O/c1-7(2)5-8-10(14-15-11(8)13)9-6-12(9,3)4/h7,9H,5-6,13H2,1-4H3. The predicted molar refractivity (Wildman–Crippen MR) is 60.6 cm³/mol. The first kappa shape index (κ1) is 10.5. The minimum atomic E-state index is 0.384. The SMILES string of the molecule is CC(C)Cc1c(C2CC2(C)C)noc1N. The van der Waals surface area contributed by atoms with Crippen LogP contribution in [0.15, 0.2) is 4.52 Å². The first-order valence-corrected chi connectivity index (χ1v) is 5.65. The summed E-state index contributed by atoms with van der Waals surface area (Å²) < 4.78 is 5.12. The molecule has 2 rings (SSSR count). The van der Waals surface area contributed by atoms with Crippen molar-refractivity contribution in [3.05, 3.63) is 11.3 Å². The van der Waals surface area contributed by atoms with Crippen molar-refractivity contribution < 1.29 is 4.52 Å². The molecule has 1 aliphatic carbocycles. The zero-order chi connectivity index (χ0) is 11.2. The van der Waals surface area contributed by atoms with E-state index in [1.807, 2.05) is 0 Å². The molecule has 1 heterocycles. The second-order valence-corrected chi connectivity index (χ2v) is 5.75. The first-order chi connectivity index (χ1) is 6.92. The maximum absolute atomic E-state index is 5.81. The van der Waals surface area contributed by atoms with E-state index >= 15 is 0 Å². The third-order valence-electron chi connectivity index (χ3n) is 3.30. The van der Waals surface area contributed by atoms with Crippen LogP contribution in [0.5, 0.6) is 0 Å². The Hall–Kier alpha value is -0.990. The molecular weight excluding hydrogens is 188 g/mol. The van der Waals surface area contributed by atoms with Gasteiger partial charge in [-0.1, -0.05) is 32.9 Å². The number of aromatic nitrogens is 1. The molecule has 0 amide bonds. The fourth-order valence-electron chi connectivity index (χ4n) is 2.16. The van der Waals surface area contributed by atoms with E-state index in [-0.39, 0.29) is 0 Å². The quantitative estimate of drug-likeness (QED) is 0.830. The molecule has 1 aromatic heterocycles. The topological polar surface area (TPSA) is 52.0 Å². The Bertz CT molecular complexity index is 366. The van der Waals surface area contributed by atoms with E-state index in [4.69, 9.17) is 10.3 Å². The van der Waals surface area contributed by atoms with Gasteiger partial charge in [-0.2, -0.15) is 0 Å². The third kappa shape index (κ3) is 1.87. The Balaban J connectivity index is 2.25. The lowest BCUT2D eigenvalue weighted by Crippen LogP contribution is -2.01. The van der Waals surface area contributed by atoms with Gasteiger partial charge in [0.25, 0.3) is 0 Å². The Labute approximate surface area is 91.0 Å². The second-order valence-electron chi connectivity index (χ2n) is 5.75. The molecule has 84 valence electrons. The molecule has 1 atom stereocenters. The maximum Gasteiger partial charge on any atom is 0.225 e. The van der Waals surface area contributed by atoms with E-state index in [0.717, 1.165) is 17.7 Å². The summed E-state index contributed by atoms with van der Waals surface area (Å²) in [5.41, 5.74) is 8.44. The summed E-state index contributed by atoms with van der Waals surface area (Å²) in [4.78, 5) is 0. The van der Waals surface area contributed by atoms with Crippen LogP contribution in [-0.2, 0) is 6.42 Å². The molecule has 1 aromatic rings. The predicted octanol–water partition coefficient (Wildman–Crippen LogP) is 2.97. The smallest absolute Gasteiger partial charge is 0.225 e. The maximum atomic E-state index is 5.81. The van der Waals surface area contributed by atoms with Crippen LogP contribution in [0, 0.1) is 11.3 Å². The van der Waals surface area contributed by atoms with E-state index in [1.165, 1.54) is 6.42 Å². The summed E-state index contributed by atoms with van der Waals surface area (Å²) in [5.74, 6) is 1.65. The Morgan fingerprint density at radius 2 is 2.13 bits per heavy atom. The fourth-order valence-corrected chi connectivity index (χ4v) is 2.16. The molecule has 3 heteroatoms. The molecule has 15 heavy (non-hydrogen) atoms. The van der Waals surface area contributed by atoms with Crippen molar-refractivity contribution in [1.82, 2.24) is 5.16 Å². The van der Waals surface area contributed by atoms with E-state index in [9.17, 15) is 0 Å². The zero-order valence-corrected chi connectivity index (χ0v) is 10.0. The number of nitrogen functional groups attached to an aromatic ring is 1. The summed E-state index contributed by atoms with van der Waals surface area (Å²) in [6.45, 7) is 8.91. The average molecular weight is 208 g/mol. The molecule has 0 aromatic carbocycles. The average Bonchev–Trinajstić information content (AvgIpc) is 2.58. The number of anilines is 1. The van der Waals surface area contributed by atoms with Crippen LogP contribution >= 0.6 is 0 Å². The van der Waals surface area contributed by atoms with Gasteiger partial charge < -0.3 is 10.3 Å². The van der Waals surface area contributed by atoms with Gasteiger partial charge in [0.1, 0.15) is 0 Å². The minimum absolute atomic E-state index is 0.384. The highest BCUT2D eigenvalue weighted by Crippen LogP contribution is 2.59. The highest BCUT2D eigenvalue weighted by molar-refractivity contribution is 5.43. The summed E-state index contributed by atoms with van der Waals surface area (Å²) in [5, 5.41) is 4.13. The summed E-state index contributed by atoms with van der Waals surface area (Å²) in [6.07, 6.45) is 2.17. The third-order valence-corrected chi connectivity index (χ3v) is 3.30. The number of hydrogen-bond acceptors (Lipinski definition) is 3. The monoisotopic (exact) mass is 208 g/mol. The highest BCUT2D eigenvalue weighted by Gasteiger charge is 2.49. The lowest BCUT2D eigenvalue weighted by Gasteiger charge is -2.06. The van der Waals surface area contributed by atoms with Gasteiger partial charge in [0.15, 0.2) is 0 Å². The summed E-state index contributed by atoms with van der Waals surface area (Å²) in [6, 6.07) is 0. The molecule has 2 N–H and O–H groups in total. The van der Waals surface area contributed by atoms with E-state index < -0.39 is 0 Å². The number of nitrogens with zero attached hydrogens (tertiary/aromatic N) is 1. The van der Waals surface area contributed by atoms with Crippen LogP contribution in [0.4, 0.5) is 5.88 Å². The molecule has 1 saturated carbocycles. The first-order valence-electron chi connectivity index (χ1n) is 5.65. The number of hydrogen-bond donors (Lipinski definition) is 1. The fraction of sp³-hybridized carbons (Fsp3) is 0.750. The molecular formula is C12H20N2O. The van der Waals surface area contributed by atoms with Crippen molar-refractivity contribution in [2.75, 3.05) is 5.73 Å². The molecule has 3 nitrogen and oxygen atoms in total. The van der Waals surface area contributed by atoms with Crippen LogP contribution < -0.4 is 5.73 Å². The van der Waals surface area contributed by atoms with Crippen LogP contribution in [0.1, 0.15) is 51.3 Å². The van der Waals surface area contributed by atoms with E-state index in [1.54, 1.807) is 0 Å². The molecule has 0 aliphatic heterocycles. The van der Waals surface area contributed by atoms with Crippen molar-refractivity contribution in [2.45, 2.75) is 46.5 Å². The Kier molecular flexibility index (Phi) is 2.28. The molecule has 1 aliphatic rings. The summed E-state index contributed by atoms with van der Waals surface area (Å²) in [7, 11) is 0. The van der Waals surface area contributed by atoms with Gasteiger partial charge in [0.05, 0.1) is 5.69 Å². The Morgan fingerprint density at radius 3 is 2.60 bits per heavy atom. The van der Waals surface area contributed by atoms with E-state index in [0.29, 0.717) is 23.1 Å². The van der Waals surface area contributed by atoms with Gasteiger partial charge in [-0.25, -0.2) is 0 Å². The number of nitrogens with two attached hydrogens (primary N) is 1. The van der Waals surface area contributed by atoms with Crippen molar-refractivity contribution in [3.8, 4) is 0 Å². The van der Waals surface area contributed by atoms with Gasteiger partial charge in [0.2, 0.25) is 5.88 Å². The van der Waals surface area contributed by atoms with Crippen LogP contribution in [0.3, 0.4) is 0 Å². The van der Waals surface area contributed by atoms with E-state index in [2.05, 4.69) is 32.9 Å². The summed E-state index contributed by atoms with van der Waals surface area (Å²) >= 11 is 0. The number of rotatable bonds is 3.